The zero-order valence-corrected chi connectivity index (χ0v) is 7.79. The zero-order chi connectivity index (χ0) is 9.52. The Hall–Kier alpha value is -1.28. The Bertz CT molecular complexity index is 243. The molecule has 0 heterocycles. The molecule has 0 aromatic heterocycles. The molecular formula is C11H14N2. The quantitative estimate of drug-likeness (QED) is 0.604. The van der Waals surface area contributed by atoms with Crippen molar-refractivity contribution in [2.24, 2.45) is 5.92 Å². The summed E-state index contributed by atoms with van der Waals surface area (Å²) in [4.78, 5) is 0. The second kappa shape index (κ2) is 5.38. The highest BCUT2D eigenvalue weighted by atomic mass is 14.3. The first kappa shape index (κ1) is 9.81. The van der Waals surface area contributed by atoms with E-state index >= 15 is 0 Å². The van der Waals surface area contributed by atoms with E-state index in [9.17, 15) is 0 Å². The van der Waals surface area contributed by atoms with Gasteiger partial charge in [-0.25, -0.2) is 0 Å². The van der Waals surface area contributed by atoms with Crippen molar-refractivity contribution in [2.45, 2.75) is 38.5 Å². The minimum atomic E-state index is 0.269. The molecule has 0 N–H and O–H groups in total. The lowest BCUT2D eigenvalue weighted by Gasteiger charge is -2.19. The van der Waals surface area contributed by atoms with Crippen LogP contribution in [-0.2, 0) is 0 Å². The standard InChI is InChI=1S/C11H14N2/c12-8-11(9-13)7-6-10-4-2-1-3-5-10/h7,10H,1-6H2. The van der Waals surface area contributed by atoms with Crippen molar-refractivity contribution in [1.82, 2.24) is 0 Å². The van der Waals surface area contributed by atoms with Crippen LogP contribution in [0.25, 0.3) is 0 Å². The van der Waals surface area contributed by atoms with Crippen molar-refractivity contribution in [1.29, 1.82) is 10.5 Å². The van der Waals surface area contributed by atoms with Crippen LogP contribution in [0.5, 0.6) is 0 Å². The molecule has 1 fully saturated rings. The lowest BCUT2D eigenvalue weighted by atomic mass is 9.86. The summed E-state index contributed by atoms with van der Waals surface area (Å²) in [6.07, 6.45) is 9.21. The Morgan fingerprint density at radius 2 is 1.77 bits per heavy atom. The van der Waals surface area contributed by atoms with Crippen molar-refractivity contribution in [3.63, 3.8) is 0 Å². The molecule has 0 aromatic rings. The van der Waals surface area contributed by atoms with Gasteiger partial charge in [0, 0.05) is 0 Å². The van der Waals surface area contributed by atoms with Crippen LogP contribution in [0, 0.1) is 28.6 Å². The van der Waals surface area contributed by atoms with Gasteiger partial charge in [-0.2, -0.15) is 10.5 Å². The molecule has 0 aliphatic heterocycles. The van der Waals surface area contributed by atoms with E-state index in [-0.39, 0.29) is 5.57 Å². The molecule has 0 radical (unpaired) electrons. The van der Waals surface area contributed by atoms with Crippen molar-refractivity contribution in [2.75, 3.05) is 0 Å². The van der Waals surface area contributed by atoms with Gasteiger partial charge in [-0.3, -0.25) is 0 Å². The summed E-state index contributed by atoms with van der Waals surface area (Å²) < 4.78 is 0. The van der Waals surface area contributed by atoms with Gasteiger partial charge in [0.05, 0.1) is 0 Å². The first-order valence-corrected chi connectivity index (χ1v) is 4.87. The number of allylic oxidation sites excluding steroid dienone is 2. The Kier molecular flexibility index (Phi) is 4.06. The van der Waals surface area contributed by atoms with Crippen LogP contribution >= 0.6 is 0 Å². The molecule has 0 amide bonds. The molecule has 13 heavy (non-hydrogen) atoms. The monoisotopic (exact) mass is 174 g/mol. The maximum Gasteiger partial charge on any atom is 0.125 e. The Morgan fingerprint density at radius 1 is 1.15 bits per heavy atom. The lowest BCUT2D eigenvalue weighted by Crippen LogP contribution is -2.04. The van der Waals surface area contributed by atoms with Crippen molar-refractivity contribution < 1.29 is 0 Å². The third-order valence-corrected chi connectivity index (χ3v) is 2.62. The molecule has 0 bridgehead atoms. The van der Waals surface area contributed by atoms with E-state index in [0.29, 0.717) is 5.92 Å². The molecule has 2 heteroatoms. The summed E-state index contributed by atoms with van der Waals surface area (Å²) in [6, 6.07) is 3.78. The third-order valence-electron chi connectivity index (χ3n) is 2.62. The van der Waals surface area contributed by atoms with Crippen LogP contribution in [0.2, 0.25) is 0 Å². The van der Waals surface area contributed by atoms with Gasteiger partial charge in [-0.05, 0) is 12.3 Å². The lowest BCUT2D eigenvalue weighted by molar-refractivity contribution is 0.361. The Morgan fingerprint density at radius 3 is 2.31 bits per heavy atom. The number of hydrogen-bond donors (Lipinski definition) is 0. The molecule has 0 unspecified atom stereocenters. The van der Waals surface area contributed by atoms with E-state index < -0.39 is 0 Å². The van der Waals surface area contributed by atoms with Gasteiger partial charge in [0.25, 0.3) is 0 Å². The molecular weight excluding hydrogens is 160 g/mol. The van der Waals surface area contributed by atoms with E-state index in [4.69, 9.17) is 10.5 Å². The van der Waals surface area contributed by atoms with Crippen molar-refractivity contribution in [3.05, 3.63) is 11.6 Å². The van der Waals surface area contributed by atoms with Gasteiger partial charge in [-0.15, -0.1) is 0 Å². The van der Waals surface area contributed by atoms with Crippen LogP contribution in [-0.4, -0.2) is 0 Å². The first-order valence-electron chi connectivity index (χ1n) is 4.87. The molecule has 1 aliphatic carbocycles. The van der Waals surface area contributed by atoms with Crippen LogP contribution in [0.4, 0.5) is 0 Å². The third kappa shape index (κ3) is 3.30. The minimum Gasteiger partial charge on any atom is -0.192 e. The maximum absolute atomic E-state index is 8.51. The van der Waals surface area contributed by atoms with E-state index in [0.717, 1.165) is 6.42 Å². The Balaban J connectivity index is 2.37. The minimum absolute atomic E-state index is 0.269. The summed E-state index contributed by atoms with van der Waals surface area (Å²) in [5.41, 5.74) is 0.269. The van der Waals surface area contributed by atoms with Crippen molar-refractivity contribution in [3.8, 4) is 12.1 Å². The van der Waals surface area contributed by atoms with Crippen LogP contribution in [0.15, 0.2) is 11.6 Å². The van der Waals surface area contributed by atoms with Gasteiger partial charge in [0.15, 0.2) is 0 Å². The number of rotatable bonds is 2. The normalized spacial score (nSPS) is 17.1. The topological polar surface area (TPSA) is 47.6 Å². The SMILES string of the molecule is N#CC(C#N)=CCC1CCCCC1. The Labute approximate surface area is 79.5 Å². The fourth-order valence-corrected chi connectivity index (χ4v) is 1.82. The van der Waals surface area contributed by atoms with Gasteiger partial charge in [0.1, 0.15) is 17.7 Å². The molecule has 1 rings (SSSR count). The summed E-state index contributed by atoms with van der Waals surface area (Å²) >= 11 is 0. The highest BCUT2D eigenvalue weighted by molar-refractivity contribution is 5.34. The fourth-order valence-electron chi connectivity index (χ4n) is 1.82. The number of nitriles is 2. The van der Waals surface area contributed by atoms with Gasteiger partial charge in [-0.1, -0.05) is 38.2 Å². The van der Waals surface area contributed by atoms with Crippen LogP contribution < -0.4 is 0 Å². The molecule has 0 aromatic carbocycles. The number of nitrogens with zero attached hydrogens (tertiary/aromatic N) is 2. The highest BCUT2D eigenvalue weighted by Gasteiger charge is 2.11. The second-order valence-corrected chi connectivity index (χ2v) is 3.58. The predicted molar refractivity (Wildman–Crippen MR) is 50.5 cm³/mol. The van der Waals surface area contributed by atoms with Gasteiger partial charge < -0.3 is 0 Å². The van der Waals surface area contributed by atoms with Crippen molar-refractivity contribution >= 4 is 0 Å². The second-order valence-electron chi connectivity index (χ2n) is 3.58. The number of hydrogen-bond acceptors (Lipinski definition) is 2. The molecule has 0 spiro atoms. The fraction of sp³-hybridized carbons (Fsp3) is 0.636. The van der Waals surface area contributed by atoms with E-state index in [2.05, 4.69) is 0 Å². The summed E-state index contributed by atoms with van der Waals surface area (Å²) in [6.45, 7) is 0. The molecule has 1 saturated carbocycles. The van der Waals surface area contributed by atoms with E-state index in [1.807, 2.05) is 12.1 Å². The zero-order valence-electron chi connectivity index (χ0n) is 7.79. The highest BCUT2D eigenvalue weighted by Crippen LogP contribution is 2.26. The van der Waals surface area contributed by atoms with E-state index in [1.165, 1.54) is 32.1 Å². The smallest absolute Gasteiger partial charge is 0.125 e. The van der Waals surface area contributed by atoms with Crippen LogP contribution in [0.1, 0.15) is 38.5 Å². The van der Waals surface area contributed by atoms with Crippen LogP contribution in [0.3, 0.4) is 0 Å². The van der Waals surface area contributed by atoms with E-state index in [1.54, 1.807) is 6.08 Å². The summed E-state index contributed by atoms with van der Waals surface area (Å²) in [7, 11) is 0. The molecule has 0 saturated heterocycles. The first-order chi connectivity index (χ1) is 6.36. The molecule has 68 valence electrons. The summed E-state index contributed by atoms with van der Waals surface area (Å²) in [5, 5.41) is 17.0. The molecule has 0 atom stereocenters. The maximum atomic E-state index is 8.51. The van der Waals surface area contributed by atoms with Gasteiger partial charge >= 0.3 is 0 Å². The predicted octanol–water partition coefficient (Wildman–Crippen LogP) is 2.93. The average Bonchev–Trinajstić information content (AvgIpc) is 2.21. The molecule has 2 nitrogen and oxygen atoms in total. The average molecular weight is 174 g/mol. The molecule has 1 aliphatic rings. The van der Waals surface area contributed by atoms with Gasteiger partial charge in [0.2, 0.25) is 0 Å². The summed E-state index contributed by atoms with van der Waals surface area (Å²) in [5.74, 6) is 0.713. The largest absolute Gasteiger partial charge is 0.192 e.